The molecule has 0 radical (unpaired) electrons. The minimum Gasteiger partial charge on any atom is -0.381 e. The molecule has 0 aromatic rings. The second-order valence-corrected chi connectivity index (χ2v) is 3.52. The number of rotatable bonds is 2. The summed E-state index contributed by atoms with van der Waals surface area (Å²) < 4.78 is 5.24. The van der Waals surface area contributed by atoms with Gasteiger partial charge in [-0.05, 0) is 12.3 Å². The van der Waals surface area contributed by atoms with Gasteiger partial charge in [-0.15, -0.1) is 0 Å². The molecule has 0 bridgehead atoms. The van der Waals surface area contributed by atoms with Crippen molar-refractivity contribution < 1.29 is 4.74 Å². The van der Waals surface area contributed by atoms with Crippen LogP contribution in [0.2, 0.25) is 0 Å². The van der Waals surface area contributed by atoms with E-state index in [4.69, 9.17) is 10.00 Å². The van der Waals surface area contributed by atoms with Crippen LogP contribution in [0.5, 0.6) is 0 Å². The summed E-state index contributed by atoms with van der Waals surface area (Å²) in [4.78, 5) is 0. The van der Waals surface area contributed by atoms with E-state index in [0.717, 1.165) is 19.6 Å². The Labute approximate surface area is 68.2 Å². The van der Waals surface area contributed by atoms with Crippen molar-refractivity contribution in [3.8, 4) is 6.07 Å². The maximum atomic E-state index is 8.85. The standard InChI is InChI=1S/C9H15NO/c1-7(2)9(5-10)8-3-4-11-6-8/h7-9H,3-4,6H2,1-2H3. The number of hydrogen-bond acceptors (Lipinski definition) is 2. The van der Waals surface area contributed by atoms with E-state index >= 15 is 0 Å². The van der Waals surface area contributed by atoms with Gasteiger partial charge in [-0.25, -0.2) is 0 Å². The Morgan fingerprint density at radius 3 is 2.64 bits per heavy atom. The average Bonchev–Trinajstić information content (AvgIpc) is 2.40. The molecule has 2 atom stereocenters. The molecule has 62 valence electrons. The Kier molecular flexibility index (Phi) is 2.90. The van der Waals surface area contributed by atoms with E-state index < -0.39 is 0 Å². The molecule has 1 saturated heterocycles. The molecular weight excluding hydrogens is 138 g/mol. The maximum absolute atomic E-state index is 8.85. The fraction of sp³-hybridized carbons (Fsp3) is 0.889. The maximum Gasteiger partial charge on any atom is 0.0662 e. The third kappa shape index (κ3) is 1.94. The number of nitrogens with zero attached hydrogens (tertiary/aromatic N) is 1. The van der Waals surface area contributed by atoms with E-state index in [1.165, 1.54) is 0 Å². The Hall–Kier alpha value is -0.550. The zero-order valence-corrected chi connectivity index (χ0v) is 7.21. The Morgan fingerprint density at radius 1 is 1.55 bits per heavy atom. The fourth-order valence-electron chi connectivity index (χ4n) is 1.63. The van der Waals surface area contributed by atoms with Crippen molar-refractivity contribution in [3.05, 3.63) is 0 Å². The second kappa shape index (κ2) is 3.73. The van der Waals surface area contributed by atoms with Crippen molar-refractivity contribution in [1.29, 1.82) is 5.26 Å². The molecule has 0 aliphatic carbocycles. The Balaban J connectivity index is 2.48. The molecule has 0 N–H and O–H groups in total. The van der Waals surface area contributed by atoms with Crippen molar-refractivity contribution in [2.45, 2.75) is 20.3 Å². The van der Waals surface area contributed by atoms with E-state index in [-0.39, 0.29) is 5.92 Å². The van der Waals surface area contributed by atoms with Crippen LogP contribution in [0.3, 0.4) is 0 Å². The van der Waals surface area contributed by atoms with Gasteiger partial charge < -0.3 is 4.74 Å². The van der Waals surface area contributed by atoms with Crippen LogP contribution in [-0.4, -0.2) is 13.2 Å². The lowest BCUT2D eigenvalue weighted by atomic mass is 9.84. The lowest BCUT2D eigenvalue weighted by Gasteiger charge is -2.17. The zero-order valence-electron chi connectivity index (χ0n) is 7.21. The SMILES string of the molecule is CC(C)C(C#N)C1CCOC1. The molecule has 0 saturated carbocycles. The molecular formula is C9H15NO. The third-order valence-electron chi connectivity index (χ3n) is 2.34. The summed E-state index contributed by atoms with van der Waals surface area (Å²) in [6.07, 6.45) is 1.07. The van der Waals surface area contributed by atoms with Gasteiger partial charge in [0, 0.05) is 12.5 Å². The lowest BCUT2D eigenvalue weighted by molar-refractivity contribution is 0.172. The van der Waals surface area contributed by atoms with Crippen LogP contribution in [-0.2, 0) is 4.74 Å². The largest absolute Gasteiger partial charge is 0.381 e. The summed E-state index contributed by atoms with van der Waals surface area (Å²) >= 11 is 0. The molecule has 1 aliphatic heterocycles. The molecule has 1 aliphatic rings. The highest BCUT2D eigenvalue weighted by Gasteiger charge is 2.27. The van der Waals surface area contributed by atoms with Gasteiger partial charge in [0.2, 0.25) is 0 Å². The second-order valence-electron chi connectivity index (χ2n) is 3.52. The third-order valence-corrected chi connectivity index (χ3v) is 2.34. The first kappa shape index (κ1) is 8.55. The zero-order chi connectivity index (χ0) is 8.27. The minimum atomic E-state index is 0.192. The van der Waals surface area contributed by atoms with Crippen LogP contribution < -0.4 is 0 Å². The summed E-state index contributed by atoms with van der Waals surface area (Å²) in [6.45, 7) is 5.84. The topological polar surface area (TPSA) is 33.0 Å². The van der Waals surface area contributed by atoms with E-state index in [1.54, 1.807) is 0 Å². The molecule has 2 unspecified atom stereocenters. The van der Waals surface area contributed by atoms with Crippen molar-refractivity contribution >= 4 is 0 Å². The van der Waals surface area contributed by atoms with Gasteiger partial charge in [0.15, 0.2) is 0 Å². The first-order valence-electron chi connectivity index (χ1n) is 4.23. The van der Waals surface area contributed by atoms with Gasteiger partial charge >= 0.3 is 0 Å². The molecule has 11 heavy (non-hydrogen) atoms. The van der Waals surface area contributed by atoms with Gasteiger partial charge in [0.1, 0.15) is 0 Å². The highest BCUT2D eigenvalue weighted by Crippen LogP contribution is 2.27. The summed E-state index contributed by atoms with van der Waals surface area (Å²) in [5.41, 5.74) is 0. The lowest BCUT2D eigenvalue weighted by Crippen LogP contribution is -2.18. The molecule has 0 aromatic heterocycles. The predicted molar refractivity (Wildman–Crippen MR) is 42.9 cm³/mol. The summed E-state index contributed by atoms with van der Waals surface area (Å²) in [5, 5.41) is 8.85. The summed E-state index contributed by atoms with van der Waals surface area (Å²) in [5.74, 6) is 1.14. The molecule has 0 spiro atoms. The molecule has 1 rings (SSSR count). The van der Waals surface area contributed by atoms with Crippen molar-refractivity contribution in [3.63, 3.8) is 0 Å². The first-order chi connectivity index (χ1) is 5.25. The van der Waals surface area contributed by atoms with E-state index in [0.29, 0.717) is 11.8 Å². The van der Waals surface area contributed by atoms with Crippen molar-refractivity contribution in [2.75, 3.05) is 13.2 Å². The van der Waals surface area contributed by atoms with E-state index in [9.17, 15) is 0 Å². The van der Waals surface area contributed by atoms with Gasteiger partial charge in [-0.2, -0.15) is 5.26 Å². The highest BCUT2D eigenvalue weighted by molar-refractivity contribution is 4.91. The summed E-state index contributed by atoms with van der Waals surface area (Å²) in [7, 11) is 0. The monoisotopic (exact) mass is 153 g/mol. The summed E-state index contributed by atoms with van der Waals surface area (Å²) in [6, 6.07) is 2.36. The van der Waals surface area contributed by atoms with Crippen molar-refractivity contribution in [2.24, 2.45) is 17.8 Å². The average molecular weight is 153 g/mol. The van der Waals surface area contributed by atoms with Gasteiger partial charge in [0.05, 0.1) is 18.6 Å². The molecule has 0 aromatic carbocycles. The van der Waals surface area contributed by atoms with Crippen LogP contribution in [0.1, 0.15) is 20.3 Å². The number of ether oxygens (including phenoxy) is 1. The molecule has 2 heteroatoms. The normalized spacial score (nSPS) is 26.9. The molecule has 1 heterocycles. The Bertz CT molecular complexity index is 153. The smallest absolute Gasteiger partial charge is 0.0662 e. The van der Waals surface area contributed by atoms with E-state index in [1.807, 2.05) is 0 Å². The first-order valence-corrected chi connectivity index (χ1v) is 4.23. The van der Waals surface area contributed by atoms with Gasteiger partial charge in [-0.1, -0.05) is 13.8 Å². The number of hydrogen-bond donors (Lipinski definition) is 0. The van der Waals surface area contributed by atoms with E-state index in [2.05, 4.69) is 19.9 Å². The fourth-order valence-corrected chi connectivity index (χ4v) is 1.63. The van der Waals surface area contributed by atoms with Crippen LogP contribution in [0.4, 0.5) is 0 Å². The van der Waals surface area contributed by atoms with Gasteiger partial charge in [-0.3, -0.25) is 0 Å². The highest BCUT2D eigenvalue weighted by atomic mass is 16.5. The number of nitriles is 1. The Morgan fingerprint density at radius 2 is 2.27 bits per heavy atom. The van der Waals surface area contributed by atoms with Gasteiger partial charge in [0.25, 0.3) is 0 Å². The molecule has 1 fully saturated rings. The van der Waals surface area contributed by atoms with Crippen molar-refractivity contribution in [1.82, 2.24) is 0 Å². The quantitative estimate of drug-likeness (QED) is 0.606. The molecule has 0 amide bonds. The van der Waals surface area contributed by atoms with Crippen LogP contribution >= 0.6 is 0 Å². The minimum absolute atomic E-state index is 0.192. The predicted octanol–water partition coefficient (Wildman–Crippen LogP) is 1.82. The van der Waals surface area contributed by atoms with Crippen LogP contribution in [0.25, 0.3) is 0 Å². The molecule has 2 nitrogen and oxygen atoms in total. The van der Waals surface area contributed by atoms with Crippen LogP contribution in [0.15, 0.2) is 0 Å². The van der Waals surface area contributed by atoms with Crippen LogP contribution in [0, 0.1) is 29.1 Å².